The Balaban J connectivity index is 1.54. The van der Waals surface area contributed by atoms with Crippen LogP contribution in [0.25, 0.3) is 0 Å². The van der Waals surface area contributed by atoms with Crippen molar-refractivity contribution in [2.24, 2.45) is 0 Å². The molecule has 0 spiro atoms. The molecule has 0 saturated carbocycles. The van der Waals surface area contributed by atoms with Crippen LogP contribution in [0.15, 0.2) is 54.6 Å². The molecule has 0 aliphatic carbocycles. The topological polar surface area (TPSA) is 41.6 Å². The normalized spacial score (nSPS) is 17.7. The number of hydrogen-bond donors (Lipinski definition) is 1. The van der Waals surface area contributed by atoms with E-state index in [4.69, 9.17) is 4.74 Å². The van der Waals surface area contributed by atoms with Gasteiger partial charge in [0, 0.05) is 19.0 Å². The highest BCUT2D eigenvalue weighted by Gasteiger charge is 2.23. The van der Waals surface area contributed by atoms with Crippen LogP contribution in [0.3, 0.4) is 0 Å². The van der Waals surface area contributed by atoms with Crippen LogP contribution in [0.2, 0.25) is 0 Å². The van der Waals surface area contributed by atoms with E-state index in [1.165, 1.54) is 24.8 Å². The van der Waals surface area contributed by atoms with Crippen molar-refractivity contribution in [1.29, 1.82) is 0 Å². The molecule has 4 nitrogen and oxygen atoms in total. The lowest BCUT2D eigenvalue weighted by Gasteiger charge is -2.35. The third-order valence-electron chi connectivity index (χ3n) is 5.07. The summed E-state index contributed by atoms with van der Waals surface area (Å²) in [6.07, 6.45) is 5.28. The first-order valence-electron chi connectivity index (χ1n) is 9.47. The number of carbonyl (C=O) groups excluding carboxylic acids is 1. The Kier molecular flexibility index (Phi) is 6.67. The van der Waals surface area contributed by atoms with Crippen molar-refractivity contribution in [3.8, 4) is 5.75 Å². The molecule has 1 N–H and O–H groups in total. The predicted molar refractivity (Wildman–Crippen MR) is 106 cm³/mol. The number of amides is 1. The Hall–Kier alpha value is -2.33. The fourth-order valence-corrected chi connectivity index (χ4v) is 3.68. The number of hydrogen-bond acceptors (Lipinski definition) is 3. The molecular formula is C22H28N2O2. The second-order valence-corrected chi connectivity index (χ2v) is 6.87. The molecule has 138 valence electrons. The van der Waals surface area contributed by atoms with Crippen LogP contribution >= 0.6 is 0 Å². The third-order valence-corrected chi connectivity index (χ3v) is 5.07. The zero-order chi connectivity index (χ0) is 18.2. The van der Waals surface area contributed by atoms with E-state index in [-0.39, 0.29) is 5.91 Å². The van der Waals surface area contributed by atoms with Gasteiger partial charge in [0.25, 0.3) is 0 Å². The van der Waals surface area contributed by atoms with Crippen LogP contribution in [0, 0.1) is 0 Å². The van der Waals surface area contributed by atoms with Gasteiger partial charge in [-0.25, -0.2) is 0 Å². The summed E-state index contributed by atoms with van der Waals surface area (Å²) in [7, 11) is 1.62. The molecule has 2 aromatic carbocycles. The van der Waals surface area contributed by atoms with Gasteiger partial charge in [0.1, 0.15) is 5.75 Å². The number of carbonyl (C=O) groups is 1. The minimum atomic E-state index is 0.0403. The smallest absolute Gasteiger partial charge is 0.225 e. The van der Waals surface area contributed by atoms with Crippen LogP contribution in [0.1, 0.15) is 31.2 Å². The number of ether oxygens (including phenoxy) is 1. The van der Waals surface area contributed by atoms with Crippen molar-refractivity contribution in [3.05, 3.63) is 60.2 Å². The zero-order valence-electron chi connectivity index (χ0n) is 15.5. The Bertz CT molecular complexity index is 702. The first kappa shape index (κ1) is 18.5. The number of nitrogens with one attached hydrogen (secondary N) is 1. The quantitative estimate of drug-likeness (QED) is 0.815. The van der Waals surface area contributed by atoms with E-state index < -0.39 is 0 Å². The summed E-state index contributed by atoms with van der Waals surface area (Å²) in [6.45, 7) is 1.89. The number of rotatable bonds is 7. The highest BCUT2D eigenvalue weighted by atomic mass is 16.5. The second-order valence-electron chi connectivity index (χ2n) is 6.87. The summed E-state index contributed by atoms with van der Waals surface area (Å²) in [4.78, 5) is 14.9. The van der Waals surface area contributed by atoms with Gasteiger partial charge in [-0.15, -0.1) is 0 Å². The number of nitrogens with zero attached hydrogens (tertiary/aromatic N) is 1. The van der Waals surface area contributed by atoms with E-state index in [0.29, 0.717) is 18.2 Å². The molecule has 0 aromatic heterocycles. The van der Waals surface area contributed by atoms with Gasteiger partial charge < -0.3 is 10.1 Å². The van der Waals surface area contributed by atoms with E-state index >= 15 is 0 Å². The lowest BCUT2D eigenvalue weighted by atomic mass is 9.95. The van der Waals surface area contributed by atoms with Gasteiger partial charge in [0.05, 0.1) is 12.8 Å². The molecule has 26 heavy (non-hydrogen) atoms. The zero-order valence-corrected chi connectivity index (χ0v) is 15.5. The molecule has 1 fully saturated rings. The molecule has 2 aromatic rings. The van der Waals surface area contributed by atoms with Crippen LogP contribution < -0.4 is 10.1 Å². The van der Waals surface area contributed by atoms with Crippen LogP contribution in [-0.4, -0.2) is 37.0 Å². The first-order valence-corrected chi connectivity index (χ1v) is 9.47. The molecule has 1 aliphatic rings. The van der Waals surface area contributed by atoms with E-state index in [1.54, 1.807) is 7.11 Å². The molecule has 1 aliphatic heterocycles. The number of likely N-dealkylation sites (tertiary alicyclic amines) is 1. The largest absolute Gasteiger partial charge is 0.495 e. The summed E-state index contributed by atoms with van der Waals surface area (Å²) in [5.41, 5.74) is 2.11. The summed E-state index contributed by atoms with van der Waals surface area (Å²) in [5, 5.41) is 2.97. The summed E-state index contributed by atoms with van der Waals surface area (Å²) < 4.78 is 5.30. The molecule has 0 radical (unpaired) electrons. The SMILES string of the molecule is COc1ccccc1NC(=O)CCN1CCCCC1Cc1ccccc1. The second kappa shape index (κ2) is 9.39. The fraction of sp³-hybridized carbons (Fsp3) is 0.409. The van der Waals surface area contributed by atoms with Crippen molar-refractivity contribution in [2.75, 3.05) is 25.5 Å². The predicted octanol–water partition coefficient (Wildman–Crippen LogP) is 4.12. The van der Waals surface area contributed by atoms with Crippen molar-refractivity contribution < 1.29 is 9.53 Å². The van der Waals surface area contributed by atoms with Gasteiger partial charge in [0.2, 0.25) is 5.91 Å². The Morgan fingerprint density at radius 1 is 1.12 bits per heavy atom. The maximum Gasteiger partial charge on any atom is 0.225 e. The summed E-state index contributed by atoms with van der Waals surface area (Å²) >= 11 is 0. The molecule has 1 unspecified atom stereocenters. The van der Waals surface area contributed by atoms with Crippen molar-refractivity contribution in [2.45, 2.75) is 38.1 Å². The standard InChI is InChI=1S/C22H28N2O2/c1-26-21-13-6-5-12-20(21)23-22(25)14-16-24-15-8-7-11-19(24)17-18-9-3-2-4-10-18/h2-6,9-10,12-13,19H,7-8,11,14-17H2,1H3,(H,23,25). The van der Waals surface area contributed by atoms with Crippen molar-refractivity contribution in [3.63, 3.8) is 0 Å². The monoisotopic (exact) mass is 352 g/mol. The number of methoxy groups -OCH3 is 1. The van der Waals surface area contributed by atoms with Gasteiger partial charge in [-0.05, 0) is 43.5 Å². The average Bonchev–Trinajstić information content (AvgIpc) is 2.68. The van der Waals surface area contributed by atoms with E-state index in [2.05, 4.69) is 40.5 Å². The summed E-state index contributed by atoms with van der Waals surface area (Å²) in [5.74, 6) is 0.735. The number of anilines is 1. The minimum absolute atomic E-state index is 0.0403. The third kappa shape index (κ3) is 5.09. The van der Waals surface area contributed by atoms with Gasteiger partial charge in [0.15, 0.2) is 0 Å². The van der Waals surface area contributed by atoms with E-state index in [9.17, 15) is 4.79 Å². The Labute approximate surface area is 156 Å². The molecule has 1 amide bonds. The molecule has 4 heteroatoms. The fourth-order valence-electron chi connectivity index (χ4n) is 3.68. The maximum absolute atomic E-state index is 12.4. The molecular weight excluding hydrogens is 324 g/mol. The number of para-hydroxylation sites is 2. The van der Waals surface area contributed by atoms with Gasteiger partial charge >= 0.3 is 0 Å². The van der Waals surface area contributed by atoms with Gasteiger partial charge in [-0.3, -0.25) is 9.69 Å². The van der Waals surface area contributed by atoms with Crippen molar-refractivity contribution >= 4 is 11.6 Å². The molecule has 0 bridgehead atoms. The summed E-state index contributed by atoms with van der Waals surface area (Å²) in [6, 6.07) is 18.7. The van der Waals surface area contributed by atoms with Gasteiger partial charge in [-0.2, -0.15) is 0 Å². The van der Waals surface area contributed by atoms with Crippen LogP contribution in [0.4, 0.5) is 5.69 Å². The van der Waals surface area contributed by atoms with Crippen LogP contribution in [-0.2, 0) is 11.2 Å². The molecule has 1 saturated heterocycles. The molecule has 3 rings (SSSR count). The molecule has 1 heterocycles. The van der Waals surface area contributed by atoms with Crippen LogP contribution in [0.5, 0.6) is 5.75 Å². The first-order chi connectivity index (χ1) is 12.8. The Morgan fingerprint density at radius 2 is 1.88 bits per heavy atom. The highest BCUT2D eigenvalue weighted by Crippen LogP contribution is 2.24. The average molecular weight is 352 g/mol. The highest BCUT2D eigenvalue weighted by molar-refractivity contribution is 5.92. The van der Waals surface area contributed by atoms with E-state index in [1.807, 2.05) is 24.3 Å². The Morgan fingerprint density at radius 3 is 2.69 bits per heavy atom. The lowest BCUT2D eigenvalue weighted by molar-refractivity contribution is -0.116. The number of piperidine rings is 1. The maximum atomic E-state index is 12.4. The molecule has 1 atom stereocenters. The minimum Gasteiger partial charge on any atom is -0.495 e. The number of benzene rings is 2. The van der Waals surface area contributed by atoms with Gasteiger partial charge in [-0.1, -0.05) is 48.9 Å². The van der Waals surface area contributed by atoms with E-state index in [0.717, 1.165) is 25.2 Å². The van der Waals surface area contributed by atoms with Crippen molar-refractivity contribution in [1.82, 2.24) is 4.90 Å². The lowest BCUT2D eigenvalue weighted by Crippen LogP contribution is -2.42.